The van der Waals surface area contributed by atoms with Gasteiger partial charge in [-0.3, -0.25) is 4.79 Å². The van der Waals surface area contributed by atoms with Gasteiger partial charge in [0, 0.05) is 30.7 Å². The quantitative estimate of drug-likeness (QED) is 0.384. The smallest absolute Gasteiger partial charge is 0.251 e. The minimum atomic E-state index is -0.241. The van der Waals surface area contributed by atoms with Crippen LogP contribution < -0.4 is 10.6 Å². The Bertz CT molecular complexity index is 631. The van der Waals surface area contributed by atoms with E-state index in [1.807, 2.05) is 45.0 Å². The van der Waals surface area contributed by atoms with Crippen molar-refractivity contribution in [2.75, 3.05) is 19.6 Å². The number of guanidine groups is 1. The maximum absolute atomic E-state index is 12.4. The fraction of sp³-hybridized carbons (Fsp3) is 0.619. The number of piperidine rings is 1. The lowest BCUT2D eigenvalue weighted by molar-refractivity contribution is 0.0919. The highest BCUT2D eigenvalue weighted by Crippen LogP contribution is 2.16. The Balaban J connectivity index is 0.00000364. The second kappa shape index (κ2) is 10.9. The molecule has 0 atom stereocenters. The summed E-state index contributed by atoms with van der Waals surface area (Å²) >= 11 is 0. The highest BCUT2D eigenvalue weighted by atomic mass is 127. The van der Waals surface area contributed by atoms with E-state index in [4.69, 9.17) is 4.99 Å². The Kier molecular flexibility index (Phi) is 9.56. The van der Waals surface area contributed by atoms with Gasteiger partial charge in [-0.2, -0.15) is 0 Å². The van der Waals surface area contributed by atoms with Gasteiger partial charge in [0.25, 0.3) is 5.91 Å². The number of rotatable bonds is 4. The minimum absolute atomic E-state index is 0. The normalized spacial score (nSPS) is 15.9. The number of aliphatic imine (C=N–C) groups is 1. The lowest BCUT2D eigenvalue weighted by Crippen LogP contribution is -2.45. The molecule has 1 aliphatic heterocycles. The first-order valence-corrected chi connectivity index (χ1v) is 9.73. The van der Waals surface area contributed by atoms with Crippen LogP contribution in [-0.4, -0.2) is 41.9 Å². The molecule has 2 N–H and O–H groups in total. The first kappa shape index (κ1) is 23.7. The SMILES string of the molecule is CCNC(=NCc1cccc(C(=O)NC(C)(C)C)c1)N1CCC(C)CC1.I. The largest absolute Gasteiger partial charge is 0.357 e. The van der Waals surface area contributed by atoms with Crippen LogP contribution in [0.25, 0.3) is 0 Å². The second-order valence-corrected chi connectivity index (χ2v) is 8.24. The molecule has 1 amide bonds. The van der Waals surface area contributed by atoms with Crippen LogP contribution in [0.4, 0.5) is 0 Å². The van der Waals surface area contributed by atoms with Crippen LogP contribution in [0.2, 0.25) is 0 Å². The highest BCUT2D eigenvalue weighted by Gasteiger charge is 2.19. The number of likely N-dealkylation sites (tertiary alicyclic amines) is 1. The van der Waals surface area contributed by atoms with Crippen LogP contribution >= 0.6 is 24.0 Å². The summed E-state index contributed by atoms with van der Waals surface area (Å²) in [6, 6.07) is 7.75. The lowest BCUT2D eigenvalue weighted by atomic mass is 9.99. The van der Waals surface area contributed by atoms with Crippen molar-refractivity contribution in [3.05, 3.63) is 35.4 Å². The van der Waals surface area contributed by atoms with Gasteiger partial charge >= 0.3 is 0 Å². The van der Waals surface area contributed by atoms with E-state index in [1.165, 1.54) is 12.8 Å². The number of carbonyl (C=O) groups is 1. The van der Waals surface area contributed by atoms with Crippen LogP contribution in [0.5, 0.6) is 0 Å². The summed E-state index contributed by atoms with van der Waals surface area (Å²) in [6.45, 7) is 13.9. The monoisotopic (exact) mass is 486 g/mol. The van der Waals surface area contributed by atoms with E-state index in [-0.39, 0.29) is 35.4 Å². The molecule has 0 aromatic heterocycles. The van der Waals surface area contributed by atoms with Crippen LogP contribution in [-0.2, 0) is 6.54 Å². The highest BCUT2D eigenvalue weighted by molar-refractivity contribution is 14.0. The average molecular weight is 486 g/mol. The minimum Gasteiger partial charge on any atom is -0.357 e. The molecule has 1 saturated heterocycles. The molecule has 0 bridgehead atoms. The molecule has 5 nitrogen and oxygen atoms in total. The maximum Gasteiger partial charge on any atom is 0.251 e. The summed E-state index contributed by atoms with van der Waals surface area (Å²) in [5.74, 6) is 1.73. The molecular weight excluding hydrogens is 451 g/mol. The summed E-state index contributed by atoms with van der Waals surface area (Å²) in [6.07, 6.45) is 2.43. The third-order valence-corrected chi connectivity index (χ3v) is 4.51. The molecule has 0 aliphatic carbocycles. The van der Waals surface area contributed by atoms with Gasteiger partial charge in [-0.15, -0.1) is 24.0 Å². The van der Waals surface area contributed by atoms with Crippen molar-refractivity contribution in [1.29, 1.82) is 0 Å². The first-order valence-electron chi connectivity index (χ1n) is 9.73. The lowest BCUT2D eigenvalue weighted by Gasteiger charge is -2.33. The number of benzene rings is 1. The van der Waals surface area contributed by atoms with Gasteiger partial charge in [-0.25, -0.2) is 4.99 Å². The maximum atomic E-state index is 12.4. The summed E-state index contributed by atoms with van der Waals surface area (Å²) < 4.78 is 0. The molecule has 6 heteroatoms. The molecule has 1 aliphatic rings. The Hall–Kier alpha value is -1.31. The van der Waals surface area contributed by atoms with E-state index >= 15 is 0 Å². The van der Waals surface area contributed by atoms with Crippen LogP contribution in [0.1, 0.15) is 63.4 Å². The van der Waals surface area contributed by atoms with E-state index < -0.39 is 0 Å². The Morgan fingerprint density at radius 1 is 1.26 bits per heavy atom. The number of nitrogens with zero attached hydrogens (tertiary/aromatic N) is 2. The van der Waals surface area contributed by atoms with Crippen LogP contribution in [0, 0.1) is 5.92 Å². The van der Waals surface area contributed by atoms with Gasteiger partial charge < -0.3 is 15.5 Å². The average Bonchev–Trinajstić information content (AvgIpc) is 2.58. The molecule has 1 fully saturated rings. The van der Waals surface area contributed by atoms with Crippen molar-refractivity contribution < 1.29 is 4.79 Å². The predicted octanol–water partition coefficient (Wildman–Crippen LogP) is 4.03. The Morgan fingerprint density at radius 3 is 2.52 bits per heavy atom. The summed E-state index contributed by atoms with van der Waals surface area (Å²) in [5.41, 5.74) is 1.49. The number of carbonyl (C=O) groups excluding carboxylic acids is 1. The summed E-state index contributed by atoms with van der Waals surface area (Å²) in [4.78, 5) is 19.5. The van der Waals surface area contributed by atoms with E-state index in [0.717, 1.165) is 37.1 Å². The van der Waals surface area contributed by atoms with E-state index in [1.54, 1.807) is 0 Å². The molecular formula is C21H35IN4O. The number of amides is 1. The summed E-state index contributed by atoms with van der Waals surface area (Å²) in [7, 11) is 0. The molecule has 152 valence electrons. The molecule has 2 rings (SSSR count). The molecule has 1 heterocycles. The molecule has 0 unspecified atom stereocenters. The van der Waals surface area contributed by atoms with E-state index in [9.17, 15) is 4.79 Å². The predicted molar refractivity (Wildman–Crippen MR) is 124 cm³/mol. The molecule has 27 heavy (non-hydrogen) atoms. The summed E-state index contributed by atoms with van der Waals surface area (Å²) in [5, 5.41) is 6.41. The van der Waals surface area contributed by atoms with Crippen molar-refractivity contribution in [1.82, 2.24) is 15.5 Å². The van der Waals surface area contributed by atoms with Gasteiger partial charge in [-0.1, -0.05) is 19.1 Å². The third kappa shape index (κ3) is 8.07. The van der Waals surface area contributed by atoms with Gasteiger partial charge in [0.15, 0.2) is 5.96 Å². The van der Waals surface area contributed by atoms with Gasteiger partial charge in [-0.05, 0) is 64.2 Å². The topological polar surface area (TPSA) is 56.7 Å². The van der Waals surface area contributed by atoms with Crippen LogP contribution in [0.15, 0.2) is 29.3 Å². The van der Waals surface area contributed by atoms with Crippen molar-refractivity contribution >= 4 is 35.8 Å². The van der Waals surface area contributed by atoms with Crippen molar-refractivity contribution in [3.63, 3.8) is 0 Å². The van der Waals surface area contributed by atoms with Gasteiger partial charge in [0.05, 0.1) is 6.54 Å². The van der Waals surface area contributed by atoms with Gasteiger partial charge in [0.2, 0.25) is 0 Å². The van der Waals surface area contributed by atoms with E-state index in [0.29, 0.717) is 12.1 Å². The van der Waals surface area contributed by atoms with Gasteiger partial charge in [0.1, 0.15) is 0 Å². The third-order valence-electron chi connectivity index (χ3n) is 4.51. The Morgan fingerprint density at radius 2 is 1.93 bits per heavy atom. The number of hydrogen-bond donors (Lipinski definition) is 2. The molecule has 0 radical (unpaired) electrons. The molecule has 0 saturated carbocycles. The van der Waals surface area contributed by atoms with Crippen LogP contribution in [0.3, 0.4) is 0 Å². The zero-order valence-corrected chi connectivity index (χ0v) is 19.7. The fourth-order valence-electron chi connectivity index (χ4n) is 3.04. The van der Waals surface area contributed by atoms with E-state index in [2.05, 4.69) is 29.4 Å². The zero-order valence-electron chi connectivity index (χ0n) is 17.3. The molecule has 1 aromatic rings. The van der Waals surface area contributed by atoms with Crippen molar-refractivity contribution in [2.45, 2.75) is 59.5 Å². The van der Waals surface area contributed by atoms with Crippen molar-refractivity contribution in [2.24, 2.45) is 10.9 Å². The fourth-order valence-corrected chi connectivity index (χ4v) is 3.04. The molecule has 1 aromatic carbocycles. The molecule has 0 spiro atoms. The number of nitrogens with one attached hydrogen (secondary N) is 2. The Labute approximate surface area is 181 Å². The number of hydrogen-bond acceptors (Lipinski definition) is 2. The standard InChI is InChI=1S/C21H34N4O.HI/c1-6-22-20(25-12-10-16(2)11-13-25)23-15-17-8-7-9-18(14-17)19(26)24-21(3,4)5;/h7-9,14,16H,6,10-13,15H2,1-5H3,(H,22,23)(H,24,26);1H. The second-order valence-electron chi connectivity index (χ2n) is 8.24. The van der Waals surface area contributed by atoms with Crippen molar-refractivity contribution in [3.8, 4) is 0 Å². The number of halogens is 1. The zero-order chi connectivity index (χ0) is 19.2. The first-order chi connectivity index (χ1) is 12.3.